The molecule has 2 N–H and O–H groups in total. The number of halogens is 4. The van der Waals surface area contributed by atoms with E-state index in [-0.39, 0.29) is 11.6 Å². The molecule has 124 valence electrons. The average molecular weight is 354 g/mol. The van der Waals surface area contributed by atoms with E-state index in [0.717, 1.165) is 0 Å². The second-order valence-corrected chi connectivity index (χ2v) is 5.48. The number of ether oxygens (including phenoxy) is 1. The number of fused-ring (bicyclic) bond motifs is 1. The van der Waals surface area contributed by atoms with Crippen LogP contribution in [0.1, 0.15) is 0 Å². The largest absolute Gasteiger partial charge is 0.484 e. The zero-order valence-corrected chi connectivity index (χ0v) is 12.9. The Morgan fingerprint density at radius 3 is 2.62 bits per heavy atom. The predicted molar refractivity (Wildman–Crippen MR) is 85.9 cm³/mol. The Bertz CT molecular complexity index is 899. The van der Waals surface area contributed by atoms with Gasteiger partial charge in [-0.25, -0.2) is 9.97 Å². The lowest BCUT2D eigenvalue weighted by molar-refractivity contribution is -0.153. The Morgan fingerprint density at radius 1 is 1.12 bits per heavy atom. The molecule has 0 aliphatic carbocycles. The van der Waals surface area contributed by atoms with E-state index in [9.17, 15) is 13.2 Å². The van der Waals surface area contributed by atoms with Crippen molar-refractivity contribution in [2.24, 2.45) is 0 Å². The number of hydrogen-bond donors (Lipinski definition) is 1. The van der Waals surface area contributed by atoms with Crippen LogP contribution >= 0.6 is 11.6 Å². The number of nitrogen functional groups attached to an aromatic ring is 1. The van der Waals surface area contributed by atoms with E-state index >= 15 is 0 Å². The molecular formula is C16H11ClF3N3O. The number of hydrogen-bond acceptors (Lipinski definition) is 4. The molecule has 2 aromatic carbocycles. The molecule has 0 bridgehead atoms. The van der Waals surface area contributed by atoms with E-state index in [0.29, 0.717) is 27.1 Å². The summed E-state index contributed by atoms with van der Waals surface area (Å²) in [6.07, 6.45) is -3.15. The quantitative estimate of drug-likeness (QED) is 0.754. The fraction of sp³-hybridized carbons (Fsp3) is 0.125. The average Bonchev–Trinajstić information content (AvgIpc) is 2.52. The van der Waals surface area contributed by atoms with Gasteiger partial charge in [-0.05, 0) is 29.8 Å². The number of nitrogens with two attached hydrogens (primary N) is 1. The Morgan fingerprint density at radius 2 is 1.92 bits per heavy atom. The van der Waals surface area contributed by atoms with Crippen LogP contribution in [0, 0.1) is 0 Å². The van der Waals surface area contributed by atoms with E-state index in [1.807, 2.05) is 0 Å². The van der Waals surface area contributed by atoms with Gasteiger partial charge in [0.15, 0.2) is 6.61 Å². The van der Waals surface area contributed by atoms with Gasteiger partial charge in [-0.2, -0.15) is 13.2 Å². The molecule has 0 amide bonds. The van der Waals surface area contributed by atoms with E-state index in [1.165, 1.54) is 18.5 Å². The third-order valence-corrected chi connectivity index (χ3v) is 3.52. The number of aromatic nitrogens is 2. The molecule has 0 aliphatic heterocycles. The monoisotopic (exact) mass is 353 g/mol. The highest BCUT2D eigenvalue weighted by Gasteiger charge is 2.28. The number of alkyl halides is 3. The van der Waals surface area contributed by atoms with Crippen molar-refractivity contribution in [2.75, 3.05) is 12.3 Å². The summed E-state index contributed by atoms with van der Waals surface area (Å²) in [6, 6.07) is 9.75. The predicted octanol–water partition coefficient (Wildman–Crippen LogP) is 4.47. The molecule has 1 heterocycles. The fourth-order valence-corrected chi connectivity index (χ4v) is 2.48. The van der Waals surface area contributed by atoms with Gasteiger partial charge in [-0.1, -0.05) is 23.7 Å². The number of anilines is 1. The minimum absolute atomic E-state index is 0.0244. The molecule has 24 heavy (non-hydrogen) atoms. The second kappa shape index (κ2) is 6.16. The van der Waals surface area contributed by atoms with Crippen molar-refractivity contribution in [1.82, 2.24) is 9.97 Å². The molecule has 0 spiro atoms. The third-order valence-electron chi connectivity index (χ3n) is 3.28. The van der Waals surface area contributed by atoms with Crippen LogP contribution in [0.4, 0.5) is 19.0 Å². The van der Waals surface area contributed by atoms with Crippen LogP contribution in [0.5, 0.6) is 5.75 Å². The lowest BCUT2D eigenvalue weighted by Crippen LogP contribution is -2.19. The minimum atomic E-state index is -4.44. The van der Waals surface area contributed by atoms with Gasteiger partial charge in [0.05, 0.1) is 5.52 Å². The van der Waals surface area contributed by atoms with Gasteiger partial charge in [0.2, 0.25) is 0 Å². The highest BCUT2D eigenvalue weighted by atomic mass is 35.5. The molecule has 8 heteroatoms. The first-order chi connectivity index (χ1) is 11.3. The maximum atomic E-state index is 12.4. The van der Waals surface area contributed by atoms with E-state index in [4.69, 9.17) is 22.1 Å². The van der Waals surface area contributed by atoms with E-state index < -0.39 is 12.8 Å². The fourth-order valence-electron chi connectivity index (χ4n) is 2.29. The molecule has 0 fully saturated rings. The van der Waals surface area contributed by atoms with E-state index in [1.54, 1.807) is 24.3 Å². The maximum Gasteiger partial charge on any atom is 0.422 e. The Kier molecular flexibility index (Phi) is 4.19. The summed E-state index contributed by atoms with van der Waals surface area (Å²) in [5.74, 6) is 0.178. The Labute approximate surface area is 140 Å². The van der Waals surface area contributed by atoms with Crippen molar-refractivity contribution in [2.45, 2.75) is 6.18 Å². The van der Waals surface area contributed by atoms with Gasteiger partial charge in [-0.3, -0.25) is 0 Å². The highest BCUT2D eigenvalue weighted by Crippen LogP contribution is 2.35. The standard InChI is InChI=1S/C16H11ClF3N3O/c17-10-3-1-2-9(4-10)12-5-11(24-7-16(18,19)20)6-13-14(12)22-8-23-15(13)21/h1-6,8H,7H2,(H2,21,22,23). The molecular weight excluding hydrogens is 343 g/mol. The van der Waals surface area contributed by atoms with Crippen molar-refractivity contribution in [3.05, 3.63) is 47.7 Å². The normalized spacial score (nSPS) is 11.7. The van der Waals surface area contributed by atoms with Crippen LogP contribution in [0.25, 0.3) is 22.0 Å². The van der Waals surface area contributed by atoms with Gasteiger partial charge in [-0.15, -0.1) is 0 Å². The first kappa shape index (κ1) is 16.3. The molecule has 0 saturated heterocycles. The summed E-state index contributed by atoms with van der Waals surface area (Å²) in [6.45, 7) is -1.40. The van der Waals surface area contributed by atoms with Crippen molar-refractivity contribution in [3.8, 4) is 16.9 Å². The molecule has 0 aliphatic rings. The summed E-state index contributed by atoms with van der Waals surface area (Å²) in [5, 5.41) is 0.899. The van der Waals surface area contributed by atoms with Crippen LogP contribution < -0.4 is 10.5 Å². The van der Waals surface area contributed by atoms with Crippen LogP contribution in [0.3, 0.4) is 0 Å². The lowest BCUT2D eigenvalue weighted by Gasteiger charge is -2.13. The molecule has 0 radical (unpaired) electrons. The summed E-state index contributed by atoms with van der Waals surface area (Å²) in [4.78, 5) is 8.06. The topological polar surface area (TPSA) is 61.0 Å². The molecule has 3 rings (SSSR count). The van der Waals surface area contributed by atoms with Crippen LogP contribution in [-0.4, -0.2) is 22.8 Å². The smallest absolute Gasteiger partial charge is 0.422 e. The minimum Gasteiger partial charge on any atom is -0.484 e. The first-order valence-electron chi connectivity index (χ1n) is 6.83. The van der Waals surface area contributed by atoms with E-state index in [2.05, 4.69) is 9.97 Å². The molecule has 0 saturated carbocycles. The van der Waals surface area contributed by atoms with Crippen molar-refractivity contribution in [1.29, 1.82) is 0 Å². The lowest BCUT2D eigenvalue weighted by atomic mass is 10.0. The molecule has 4 nitrogen and oxygen atoms in total. The highest BCUT2D eigenvalue weighted by molar-refractivity contribution is 6.30. The van der Waals surface area contributed by atoms with Crippen molar-refractivity contribution < 1.29 is 17.9 Å². The van der Waals surface area contributed by atoms with Crippen molar-refractivity contribution >= 4 is 28.3 Å². The number of nitrogens with zero attached hydrogens (tertiary/aromatic N) is 2. The van der Waals surface area contributed by atoms with Gasteiger partial charge in [0, 0.05) is 16.0 Å². The number of benzene rings is 2. The molecule has 0 atom stereocenters. The number of rotatable bonds is 3. The van der Waals surface area contributed by atoms with Crippen LogP contribution in [-0.2, 0) is 0 Å². The zero-order chi connectivity index (χ0) is 17.3. The summed E-state index contributed by atoms with van der Waals surface area (Å²) < 4.78 is 42.1. The molecule has 1 aromatic heterocycles. The summed E-state index contributed by atoms with van der Waals surface area (Å²) in [7, 11) is 0. The summed E-state index contributed by atoms with van der Waals surface area (Å²) in [5.41, 5.74) is 7.57. The van der Waals surface area contributed by atoms with Gasteiger partial charge < -0.3 is 10.5 Å². The van der Waals surface area contributed by atoms with Gasteiger partial charge >= 0.3 is 6.18 Å². The first-order valence-corrected chi connectivity index (χ1v) is 7.21. The van der Waals surface area contributed by atoms with Crippen LogP contribution in [0.15, 0.2) is 42.7 Å². The van der Waals surface area contributed by atoms with Gasteiger partial charge in [0.25, 0.3) is 0 Å². The third kappa shape index (κ3) is 3.51. The molecule has 0 unspecified atom stereocenters. The Hall–Kier alpha value is -2.54. The van der Waals surface area contributed by atoms with Gasteiger partial charge in [0.1, 0.15) is 17.9 Å². The van der Waals surface area contributed by atoms with Crippen LogP contribution in [0.2, 0.25) is 5.02 Å². The maximum absolute atomic E-state index is 12.4. The molecule has 3 aromatic rings. The zero-order valence-electron chi connectivity index (χ0n) is 12.1. The summed E-state index contributed by atoms with van der Waals surface area (Å²) >= 11 is 6.00. The SMILES string of the molecule is Nc1ncnc2c(-c3cccc(Cl)c3)cc(OCC(F)(F)F)cc12. The second-order valence-electron chi connectivity index (χ2n) is 5.04. The van der Waals surface area contributed by atoms with Crippen molar-refractivity contribution in [3.63, 3.8) is 0 Å². The Balaban J connectivity index is 2.17.